The topological polar surface area (TPSA) is 68.4 Å². The van der Waals surface area contributed by atoms with E-state index in [1.54, 1.807) is 13.0 Å². The van der Waals surface area contributed by atoms with Crippen molar-refractivity contribution in [1.29, 1.82) is 0 Å². The van der Waals surface area contributed by atoms with Crippen molar-refractivity contribution in [2.45, 2.75) is 13.5 Å². The fraction of sp³-hybridized carbons (Fsp3) is 0.231. The number of hydrogen-bond donors (Lipinski definition) is 1. The summed E-state index contributed by atoms with van der Waals surface area (Å²) in [5.74, 6) is 4.92. The van der Waals surface area contributed by atoms with Crippen molar-refractivity contribution in [3.63, 3.8) is 0 Å². The molecule has 0 fully saturated rings. The van der Waals surface area contributed by atoms with Crippen LogP contribution in [0.15, 0.2) is 22.8 Å². The van der Waals surface area contributed by atoms with Crippen LogP contribution in [0.25, 0.3) is 0 Å². The monoisotopic (exact) mass is 262 g/mol. The van der Waals surface area contributed by atoms with Gasteiger partial charge in [-0.3, -0.25) is 0 Å². The second-order valence-corrected chi connectivity index (χ2v) is 3.72. The number of rotatable bonds is 3. The maximum atomic E-state index is 13.3. The summed E-state index contributed by atoms with van der Waals surface area (Å²) < 4.78 is 23.3. The van der Waals surface area contributed by atoms with Crippen LogP contribution < -0.4 is 4.74 Å². The molecule has 6 heteroatoms. The predicted molar refractivity (Wildman–Crippen MR) is 63.7 cm³/mol. The second-order valence-electron chi connectivity index (χ2n) is 3.72. The van der Waals surface area contributed by atoms with Gasteiger partial charge in [-0.2, -0.15) is 0 Å². The molecule has 1 heterocycles. The van der Waals surface area contributed by atoms with Crippen molar-refractivity contribution in [3.8, 4) is 17.6 Å². The molecule has 0 aliphatic carbocycles. The molecule has 1 aromatic carbocycles. The quantitative estimate of drug-likeness (QED) is 0.848. The number of ether oxygens (including phenoxy) is 1. The minimum absolute atomic E-state index is 0.131. The van der Waals surface area contributed by atoms with Crippen molar-refractivity contribution >= 4 is 0 Å². The zero-order valence-corrected chi connectivity index (χ0v) is 10.2. The second kappa shape index (κ2) is 5.98. The first kappa shape index (κ1) is 13.1. The Morgan fingerprint density at radius 2 is 2.21 bits per heavy atom. The van der Waals surface area contributed by atoms with Gasteiger partial charge in [0, 0.05) is 11.6 Å². The molecule has 98 valence electrons. The number of aromatic nitrogens is 2. The normalized spacial score (nSPS) is 9.84. The smallest absolute Gasteiger partial charge is 0.145 e. The third kappa shape index (κ3) is 3.53. The average molecular weight is 262 g/mol. The van der Waals surface area contributed by atoms with E-state index in [-0.39, 0.29) is 13.2 Å². The van der Waals surface area contributed by atoms with E-state index >= 15 is 0 Å². The highest BCUT2D eigenvalue weighted by atomic mass is 19.1. The van der Waals surface area contributed by atoms with E-state index in [1.165, 1.54) is 12.1 Å². The van der Waals surface area contributed by atoms with Crippen LogP contribution in [0.5, 0.6) is 5.75 Å². The molecule has 2 rings (SSSR count). The lowest BCUT2D eigenvalue weighted by molar-refractivity contribution is 0.269. The molecule has 0 aliphatic rings. The van der Waals surface area contributed by atoms with Crippen molar-refractivity contribution in [2.24, 2.45) is 0 Å². The Hall–Kier alpha value is -2.39. The summed E-state index contributed by atoms with van der Waals surface area (Å²) in [7, 11) is 0. The lowest BCUT2D eigenvalue weighted by Crippen LogP contribution is -1.98. The predicted octanol–water partition coefficient (Wildman–Crippen LogP) is 1.44. The summed E-state index contributed by atoms with van der Waals surface area (Å²) in [4.78, 5) is 0. The SMILES string of the molecule is Cc1nonc1COc1cc(F)cc(C#CCO)c1. The number of benzene rings is 1. The molecule has 0 aliphatic heterocycles. The van der Waals surface area contributed by atoms with Crippen LogP contribution in [0, 0.1) is 24.6 Å². The highest BCUT2D eigenvalue weighted by Crippen LogP contribution is 2.17. The summed E-state index contributed by atoms with van der Waals surface area (Å²) in [6.07, 6.45) is 0. The van der Waals surface area contributed by atoms with Gasteiger partial charge in [-0.05, 0) is 19.1 Å². The van der Waals surface area contributed by atoms with Crippen LogP contribution in [-0.2, 0) is 6.61 Å². The van der Waals surface area contributed by atoms with Crippen LogP contribution in [0.4, 0.5) is 4.39 Å². The van der Waals surface area contributed by atoms with Gasteiger partial charge in [-0.15, -0.1) is 0 Å². The van der Waals surface area contributed by atoms with Gasteiger partial charge >= 0.3 is 0 Å². The van der Waals surface area contributed by atoms with E-state index in [0.717, 1.165) is 0 Å². The van der Waals surface area contributed by atoms with Crippen LogP contribution in [0.1, 0.15) is 17.0 Å². The van der Waals surface area contributed by atoms with Crippen molar-refractivity contribution in [2.75, 3.05) is 6.61 Å². The minimum Gasteiger partial charge on any atom is -0.487 e. The maximum absolute atomic E-state index is 13.3. The van der Waals surface area contributed by atoms with E-state index in [4.69, 9.17) is 9.84 Å². The van der Waals surface area contributed by atoms with E-state index in [2.05, 4.69) is 26.8 Å². The number of nitrogens with zero attached hydrogens (tertiary/aromatic N) is 2. The molecule has 0 spiro atoms. The fourth-order valence-corrected chi connectivity index (χ4v) is 1.39. The first-order valence-corrected chi connectivity index (χ1v) is 5.50. The molecular weight excluding hydrogens is 251 g/mol. The van der Waals surface area contributed by atoms with Gasteiger partial charge in [0.2, 0.25) is 0 Å². The molecule has 0 saturated carbocycles. The molecule has 0 amide bonds. The van der Waals surface area contributed by atoms with Gasteiger partial charge < -0.3 is 9.84 Å². The highest BCUT2D eigenvalue weighted by molar-refractivity contribution is 5.40. The molecule has 0 unspecified atom stereocenters. The van der Waals surface area contributed by atoms with Gasteiger partial charge in [0.15, 0.2) is 0 Å². The zero-order valence-electron chi connectivity index (χ0n) is 10.2. The number of hydrogen-bond acceptors (Lipinski definition) is 5. The van der Waals surface area contributed by atoms with Gasteiger partial charge in [-0.1, -0.05) is 22.2 Å². The zero-order chi connectivity index (χ0) is 13.7. The van der Waals surface area contributed by atoms with Crippen LogP contribution >= 0.6 is 0 Å². The summed E-state index contributed by atoms with van der Waals surface area (Å²) in [6, 6.07) is 4.08. The van der Waals surface area contributed by atoms with Gasteiger partial charge in [0.1, 0.15) is 36.2 Å². The van der Waals surface area contributed by atoms with Gasteiger partial charge in [0.05, 0.1) is 0 Å². The van der Waals surface area contributed by atoms with E-state index in [1.807, 2.05) is 0 Å². The Morgan fingerprint density at radius 3 is 2.89 bits per heavy atom. The lowest BCUT2D eigenvalue weighted by atomic mass is 10.2. The third-order valence-electron chi connectivity index (χ3n) is 2.31. The molecule has 1 aromatic heterocycles. The molecule has 0 radical (unpaired) electrons. The van der Waals surface area contributed by atoms with E-state index < -0.39 is 5.82 Å². The Bertz CT molecular complexity index is 628. The van der Waals surface area contributed by atoms with Gasteiger partial charge in [-0.25, -0.2) is 9.02 Å². The Morgan fingerprint density at radius 1 is 1.37 bits per heavy atom. The first-order valence-electron chi connectivity index (χ1n) is 5.50. The number of aliphatic hydroxyl groups is 1. The molecule has 0 saturated heterocycles. The minimum atomic E-state index is -0.463. The Balaban J connectivity index is 2.12. The number of aryl methyl sites for hydroxylation is 1. The fourth-order valence-electron chi connectivity index (χ4n) is 1.39. The van der Waals surface area contributed by atoms with E-state index in [9.17, 15) is 4.39 Å². The lowest BCUT2D eigenvalue weighted by Gasteiger charge is -2.05. The molecule has 0 atom stereocenters. The average Bonchev–Trinajstić information content (AvgIpc) is 2.79. The van der Waals surface area contributed by atoms with Gasteiger partial charge in [0.25, 0.3) is 0 Å². The van der Waals surface area contributed by atoms with Crippen molar-refractivity contribution in [3.05, 3.63) is 41.0 Å². The summed E-state index contributed by atoms with van der Waals surface area (Å²) in [6.45, 7) is 1.58. The first-order chi connectivity index (χ1) is 9.19. The van der Waals surface area contributed by atoms with Crippen molar-refractivity contribution in [1.82, 2.24) is 10.3 Å². The molecule has 5 nitrogen and oxygen atoms in total. The van der Waals surface area contributed by atoms with E-state index in [0.29, 0.717) is 22.7 Å². The number of halogens is 1. The third-order valence-corrected chi connectivity index (χ3v) is 2.31. The van der Waals surface area contributed by atoms with Crippen LogP contribution in [0.3, 0.4) is 0 Å². The standard InChI is InChI=1S/C13H11FN2O3/c1-9-13(16-19-15-9)8-18-12-6-10(3-2-4-17)5-11(14)7-12/h5-7,17H,4,8H2,1H3. The van der Waals surface area contributed by atoms with Crippen molar-refractivity contribution < 1.29 is 18.9 Å². The Labute approximate surface area is 109 Å². The maximum Gasteiger partial charge on any atom is 0.145 e. The molecule has 2 aromatic rings. The highest BCUT2D eigenvalue weighted by Gasteiger charge is 2.07. The summed E-state index contributed by atoms with van der Waals surface area (Å²) in [5.41, 5.74) is 1.60. The summed E-state index contributed by atoms with van der Waals surface area (Å²) in [5, 5.41) is 15.9. The molecule has 0 bridgehead atoms. The Kier molecular flexibility index (Phi) is 4.11. The number of aliphatic hydroxyl groups excluding tert-OH is 1. The summed E-state index contributed by atoms with van der Waals surface area (Å²) >= 11 is 0. The molecule has 19 heavy (non-hydrogen) atoms. The van der Waals surface area contributed by atoms with Crippen LogP contribution in [0.2, 0.25) is 0 Å². The molecular formula is C13H11FN2O3. The van der Waals surface area contributed by atoms with Crippen LogP contribution in [-0.4, -0.2) is 22.0 Å². The molecule has 1 N–H and O–H groups in total. The largest absolute Gasteiger partial charge is 0.487 e.